The minimum Gasteiger partial charge on any atom is -0.364 e. The summed E-state index contributed by atoms with van der Waals surface area (Å²) in [6, 6.07) is 7.55. The van der Waals surface area contributed by atoms with Gasteiger partial charge in [-0.2, -0.15) is 0 Å². The molecule has 1 aromatic heterocycles. The van der Waals surface area contributed by atoms with Crippen LogP contribution < -0.4 is 10.6 Å². The SMILES string of the molecule is Cc1ccc(NC(=O)c2nnc(COCC(=O)NC(C)C)s2)cc1. The van der Waals surface area contributed by atoms with Crippen LogP contribution in [0.4, 0.5) is 5.69 Å². The quantitative estimate of drug-likeness (QED) is 0.800. The molecule has 7 nitrogen and oxygen atoms in total. The van der Waals surface area contributed by atoms with Crippen molar-refractivity contribution in [1.29, 1.82) is 0 Å². The molecule has 1 heterocycles. The number of hydrogen-bond acceptors (Lipinski definition) is 6. The van der Waals surface area contributed by atoms with Gasteiger partial charge in [0, 0.05) is 11.7 Å². The standard InChI is InChI=1S/C16H20N4O3S/c1-10(2)17-13(21)8-23-9-14-19-20-16(24-14)15(22)18-12-6-4-11(3)5-7-12/h4-7,10H,8-9H2,1-3H3,(H,17,21)(H,18,22). The van der Waals surface area contributed by atoms with Crippen molar-refractivity contribution in [1.82, 2.24) is 15.5 Å². The summed E-state index contributed by atoms with van der Waals surface area (Å²) in [5.74, 6) is -0.507. The van der Waals surface area contributed by atoms with E-state index in [1.165, 1.54) is 0 Å². The summed E-state index contributed by atoms with van der Waals surface area (Å²) >= 11 is 1.14. The highest BCUT2D eigenvalue weighted by molar-refractivity contribution is 7.13. The van der Waals surface area contributed by atoms with Gasteiger partial charge in [-0.25, -0.2) is 0 Å². The van der Waals surface area contributed by atoms with E-state index in [-0.39, 0.29) is 36.1 Å². The molecule has 0 aliphatic carbocycles. The first-order valence-corrected chi connectivity index (χ1v) is 8.33. The van der Waals surface area contributed by atoms with Gasteiger partial charge in [0.25, 0.3) is 5.91 Å². The van der Waals surface area contributed by atoms with Crippen LogP contribution in [0.1, 0.15) is 34.2 Å². The monoisotopic (exact) mass is 348 g/mol. The molecule has 0 saturated carbocycles. The second kappa shape index (κ2) is 8.51. The largest absolute Gasteiger partial charge is 0.364 e. The van der Waals surface area contributed by atoms with Crippen molar-refractivity contribution in [3.05, 3.63) is 39.8 Å². The summed E-state index contributed by atoms with van der Waals surface area (Å²) in [6.07, 6.45) is 0. The predicted octanol–water partition coefficient (Wildman–Crippen LogP) is 2.14. The Morgan fingerprint density at radius 1 is 1.21 bits per heavy atom. The zero-order valence-electron chi connectivity index (χ0n) is 13.8. The molecule has 1 aromatic carbocycles. The van der Waals surface area contributed by atoms with E-state index in [1.54, 1.807) is 0 Å². The Kier molecular flexibility index (Phi) is 6.39. The summed E-state index contributed by atoms with van der Waals surface area (Å²) in [4.78, 5) is 23.6. The maximum absolute atomic E-state index is 12.1. The van der Waals surface area contributed by atoms with Gasteiger partial charge in [-0.1, -0.05) is 29.0 Å². The first kappa shape index (κ1) is 18.0. The van der Waals surface area contributed by atoms with Crippen LogP contribution in [0.5, 0.6) is 0 Å². The molecule has 0 spiro atoms. The average molecular weight is 348 g/mol. The van der Waals surface area contributed by atoms with Crippen molar-refractivity contribution < 1.29 is 14.3 Å². The van der Waals surface area contributed by atoms with Gasteiger partial charge in [0.2, 0.25) is 10.9 Å². The summed E-state index contributed by atoms with van der Waals surface area (Å²) in [6.45, 7) is 5.82. The van der Waals surface area contributed by atoms with Crippen LogP contribution in [0.15, 0.2) is 24.3 Å². The average Bonchev–Trinajstić information content (AvgIpc) is 2.98. The molecule has 0 aliphatic heterocycles. The topological polar surface area (TPSA) is 93.2 Å². The highest BCUT2D eigenvalue weighted by Gasteiger charge is 2.13. The van der Waals surface area contributed by atoms with Crippen molar-refractivity contribution in [2.75, 3.05) is 11.9 Å². The zero-order chi connectivity index (χ0) is 17.5. The fraction of sp³-hybridized carbons (Fsp3) is 0.375. The number of rotatable bonds is 7. The predicted molar refractivity (Wildman–Crippen MR) is 92.0 cm³/mol. The first-order valence-electron chi connectivity index (χ1n) is 7.51. The molecule has 2 aromatic rings. The van der Waals surface area contributed by atoms with Crippen molar-refractivity contribution in [3.63, 3.8) is 0 Å². The van der Waals surface area contributed by atoms with E-state index in [0.29, 0.717) is 10.7 Å². The van der Waals surface area contributed by atoms with Gasteiger partial charge in [0.15, 0.2) is 0 Å². The van der Waals surface area contributed by atoms with E-state index in [2.05, 4.69) is 20.8 Å². The lowest BCUT2D eigenvalue weighted by Crippen LogP contribution is -2.33. The number of aromatic nitrogens is 2. The number of nitrogens with one attached hydrogen (secondary N) is 2. The number of amides is 2. The Bertz CT molecular complexity index is 698. The molecule has 0 aliphatic rings. The Morgan fingerprint density at radius 2 is 1.92 bits per heavy atom. The second-order valence-corrected chi connectivity index (χ2v) is 6.60. The molecule has 0 unspecified atom stereocenters. The van der Waals surface area contributed by atoms with Gasteiger partial charge in [-0.3, -0.25) is 9.59 Å². The summed E-state index contributed by atoms with van der Waals surface area (Å²) in [7, 11) is 0. The zero-order valence-corrected chi connectivity index (χ0v) is 14.6. The Hall–Kier alpha value is -2.32. The summed E-state index contributed by atoms with van der Waals surface area (Å²) in [5, 5.41) is 14.0. The number of benzene rings is 1. The molecule has 8 heteroatoms. The molecule has 2 rings (SSSR count). The lowest BCUT2D eigenvalue weighted by Gasteiger charge is -2.07. The van der Waals surface area contributed by atoms with E-state index in [9.17, 15) is 9.59 Å². The van der Waals surface area contributed by atoms with Crippen molar-refractivity contribution >= 4 is 28.8 Å². The van der Waals surface area contributed by atoms with Crippen LogP contribution >= 0.6 is 11.3 Å². The van der Waals surface area contributed by atoms with Crippen LogP contribution in [-0.4, -0.2) is 34.7 Å². The van der Waals surface area contributed by atoms with Gasteiger partial charge >= 0.3 is 0 Å². The Morgan fingerprint density at radius 3 is 2.58 bits per heavy atom. The third kappa shape index (κ3) is 5.71. The van der Waals surface area contributed by atoms with Crippen LogP contribution in [-0.2, 0) is 16.1 Å². The third-order valence-corrected chi connectivity index (χ3v) is 3.77. The maximum atomic E-state index is 12.1. The molecule has 0 radical (unpaired) electrons. The number of hydrogen-bond donors (Lipinski definition) is 2. The van der Waals surface area contributed by atoms with Gasteiger partial charge in [-0.05, 0) is 32.9 Å². The number of aryl methyl sites for hydroxylation is 1. The number of anilines is 1. The van der Waals surface area contributed by atoms with E-state index in [1.807, 2.05) is 45.0 Å². The highest BCUT2D eigenvalue weighted by Crippen LogP contribution is 2.14. The van der Waals surface area contributed by atoms with Crippen molar-refractivity contribution in [2.24, 2.45) is 0 Å². The van der Waals surface area contributed by atoms with Crippen LogP contribution in [0.3, 0.4) is 0 Å². The van der Waals surface area contributed by atoms with E-state index >= 15 is 0 Å². The minimum atomic E-state index is -0.319. The number of nitrogens with zero attached hydrogens (tertiary/aromatic N) is 2. The van der Waals surface area contributed by atoms with E-state index < -0.39 is 0 Å². The second-order valence-electron chi connectivity index (χ2n) is 5.54. The molecule has 0 fully saturated rings. The minimum absolute atomic E-state index is 0.0529. The Labute approximate surface area is 144 Å². The van der Waals surface area contributed by atoms with Gasteiger partial charge in [0.05, 0.1) is 0 Å². The molecular formula is C16H20N4O3S. The smallest absolute Gasteiger partial charge is 0.286 e. The molecular weight excluding hydrogens is 328 g/mol. The molecule has 0 bridgehead atoms. The summed E-state index contributed by atoms with van der Waals surface area (Å²) in [5.41, 5.74) is 1.81. The van der Waals surface area contributed by atoms with Gasteiger partial charge < -0.3 is 15.4 Å². The summed E-state index contributed by atoms with van der Waals surface area (Å²) < 4.78 is 5.27. The number of carbonyl (C=O) groups is 2. The van der Waals surface area contributed by atoms with Crippen LogP contribution in [0.2, 0.25) is 0 Å². The lowest BCUT2D eigenvalue weighted by molar-refractivity contribution is -0.126. The normalized spacial score (nSPS) is 10.7. The van der Waals surface area contributed by atoms with Gasteiger partial charge in [-0.15, -0.1) is 10.2 Å². The Balaban J connectivity index is 1.82. The van der Waals surface area contributed by atoms with Crippen molar-refractivity contribution in [2.45, 2.75) is 33.4 Å². The van der Waals surface area contributed by atoms with E-state index in [0.717, 1.165) is 16.9 Å². The first-order chi connectivity index (χ1) is 11.4. The van der Waals surface area contributed by atoms with Gasteiger partial charge in [0.1, 0.15) is 18.2 Å². The molecule has 128 valence electrons. The molecule has 0 saturated heterocycles. The van der Waals surface area contributed by atoms with Crippen LogP contribution in [0.25, 0.3) is 0 Å². The number of ether oxygens (including phenoxy) is 1. The maximum Gasteiger partial charge on any atom is 0.286 e. The molecule has 2 N–H and O–H groups in total. The van der Waals surface area contributed by atoms with E-state index in [4.69, 9.17) is 4.74 Å². The molecule has 2 amide bonds. The third-order valence-electron chi connectivity index (χ3n) is 2.88. The fourth-order valence-corrected chi connectivity index (χ4v) is 2.49. The molecule has 24 heavy (non-hydrogen) atoms. The number of carbonyl (C=O) groups excluding carboxylic acids is 2. The highest BCUT2D eigenvalue weighted by atomic mass is 32.1. The molecule has 0 atom stereocenters. The van der Waals surface area contributed by atoms with Crippen LogP contribution in [0, 0.1) is 6.92 Å². The van der Waals surface area contributed by atoms with Crippen molar-refractivity contribution in [3.8, 4) is 0 Å². The lowest BCUT2D eigenvalue weighted by atomic mass is 10.2. The fourth-order valence-electron chi connectivity index (χ4n) is 1.82.